The minimum Gasteiger partial charge on any atom is -0.385 e. The third-order valence-electron chi connectivity index (χ3n) is 2.86. The molecule has 0 saturated carbocycles. The first-order valence-corrected chi connectivity index (χ1v) is 6.59. The summed E-state index contributed by atoms with van der Waals surface area (Å²) in [6.45, 7) is 9.09. The summed E-state index contributed by atoms with van der Waals surface area (Å²) >= 11 is 0. The first-order chi connectivity index (χ1) is 8.95. The van der Waals surface area contributed by atoms with Crippen LogP contribution in [-0.2, 0) is 11.8 Å². The smallest absolute Gasteiger partial charge is 0.228 e. The quantitative estimate of drug-likeness (QED) is 0.915. The van der Waals surface area contributed by atoms with E-state index in [1.54, 1.807) is 0 Å². The van der Waals surface area contributed by atoms with Gasteiger partial charge in [0, 0.05) is 24.1 Å². The summed E-state index contributed by atoms with van der Waals surface area (Å²) in [6, 6.07) is 8.33. The normalized spacial score (nSPS) is 11.6. The van der Waals surface area contributed by atoms with Gasteiger partial charge in [-0.05, 0) is 19.1 Å². The van der Waals surface area contributed by atoms with E-state index < -0.39 is 0 Å². The van der Waals surface area contributed by atoms with Gasteiger partial charge in [-0.25, -0.2) is 0 Å². The van der Waals surface area contributed by atoms with Gasteiger partial charge in [-0.3, -0.25) is 0 Å². The Kier molecular flexibility index (Phi) is 3.88. The maximum Gasteiger partial charge on any atom is 0.228 e. The number of hydrogen-bond acceptors (Lipinski definition) is 4. The number of nitrogens with one attached hydrogen (secondary N) is 1. The van der Waals surface area contributed by atoms with E-state index in [9.17, 15) is 0 Å². The SMILES string of the molecule is Cc1ccc(NCCc2nc(C(C)(C)C)no2)cc1. The largest absolute Gasteiger partial charge is 0.385 e. The van der Waals surface area contributed by atoms with Crippen molar-refractivity contribution in [2.75, 3.05) is 11.9 Å². The molecule has 4 heteroatoms. The molecule has 0 fully saturated rings. The fourth-order valence-electron chi connectivity index (χ4n) is 1.65. The van der Waals surface area contributed by atoms with E-state index in [4.69, 9.17) is 4.52 Å². The van der Waals surface area contributed by atoms with Crippen LogP contribution >= 0.6 is 0 Å². The predicted octanol–water partition coefficient (Wildman–Crippen LogP) is 3.33. The van der Waals surface area contributed by atoms with Crippen molar-refractivity contribution in [3.8, 4) is 0 Å². The Hall–Kier alpha value is -1.84. The van der Waals surface area contributed by atoms with E-state index in [0.717, 1.165) is 24.5 Å². The molecule has 1 heterocycles. The third kappa shape index (κ3) is 3.81. The highest BCUT2D eigenvalue weighted by molar-refractivity contribution is 5.44. The molecule has 0 aliphatic carbocycles. The molecule has 1 N–H and O–H groups in total. The third-order valence-corrected chi connectivity index (χ3v) is 2.86. The Balaban J connectivity index is 1.86. The Bertz CT molecular complexity index is 523. The van der Waals surface area contributed by atoms with Crippen molar-refractivity contribution < 1.29 is 4.52 Å². The van der Waals surface area contributed by atoms with Gasteiger partial charge in [-0.15, -0.1) is 0 Å². The lowest BCUT2D eigenvalue weighted by molar-refractivity contribution is 0.365. The molecule has 19 heavy (non-hydrogen) atoms. The van der Waals surface area contributed by atoms with Crippen LogP contribution in [-0.4, -0.2) is 16.7 Å². The van der Waals surface area contributed by atoms with E-state index in [2.05, 4.69) is 67.4 Å². The van der Waals surface area contributed by atoms with Crippen molar-refractivity contribution in [3.63, 3.8) is 0 Å². The van der Waals surface area contributed by atoms with Crippen LogP contribution in [0, 0.1) is 6.92 Å². The minimum atomic E-state index is -0.0634. The molecule has 0 saturated heterocycles. The maximum absolute atomic E-state index is 5.25. The highest BCUT2D eigenvalue weighted by Gasteiger charge is 2.20. The summed E-state index contributed by atoms with van der Waals surface area (Å²) in [5.74, 6) is 1.45. The number of rotatable bonds is 4. The van der Waals surface area contributed by atoms with Gasteiger partial charge in [0.2, 0.25) is 5.89 Å². The fourth-order valence-corrected chi connectivity index (χ4v) is 1.65. The fraction of sp³-hybridized carbons (Fsp3) is 0.467. The van der Waals surface area contributed by atoms with Crippen LogP contribution in [0.25, 0.3) is 0 Å². The summed E-state index contributed by atoms with van der Waals surface area (Å²) in [4.78, 5) is 4.41. The number of nitrogens with zero attached hydrogens (tertiary/aromatic N) is 2. The molecule has 0 aliphatic rings. The number of aromatic nitrogens is 2. The number of hydrogen-bond donors (Lipinski definition) is 1. The van der Waals surface area contributed by atoms with E-state index in [-0.39, 0.29) is 5.41 Å². The van der Waals surface area contributed by atoms with E-state index in [1.165, 1.54) is 5.56 Å². The molecule has 0 amide bonds. The van der Waals surface area contributed by atoms with E-state index in [0.29, 0.717) is 5.89 Å². The van der Waals surface area contributed by atoms with Crippen molar-refractivity contribution >= 4 is 5.69 Å². The van der Waals surface area contributed by atoms with Crippen molar-refractivity contribution in [3.05, 3.63) is 41.5 Å². The van der Waals surface area contributed by atoms with Crippen molar-refractivity contribution in [2.24, 2.45) is 0 Å². The highest BCUT2D eigenvalue weighted by Crippen LogP contribution is 2.18. The van der Waals surface area contributed by atoms with Crippen molar-refractivity contribution in [2.45, 2.75) is 39.5 Å². The molecule has 4 nitrogen and oxygen atoms in total. The molecule has 1 aromatic heterocycles. The van der Waals surface area contributed by atoms with Crippen LogP contribution in [0.1, 0.15) is 38.0 Å². The lowest BCUT2D eigenvalue weighted by atomic mass is 9.96. The van der Waals surface area contributed by atoms with Gasteiger partial charge in [0.15, 0.2) is 5.82 Å². The molecule has 0 bridgehead atoms. The van der Waals surface area contributed by atoms with Crippen LogP contribution in [0.2, 0.25) is 0 Å². The summed E-state index contributed by atoms with van der Waals surface area (Å²) in [6.07, 6.45) is 0.733. The van der Waals surface area contributed by atoms with Crippen LogP contribution < -0.4 is 5.32 Å². The second-order valence-corrected chi connectivity index (χ2v) is 5.80. The van der Waals surface area contributed by atoms with Gasteiger partial charge in [0.1, 0.15) is 0 Å². The highest BCUT2D eigenvalue weighted by atomic mass is 16.5. The Morgan fingerprint density at radius 1 is 1.16 bits per heavy atom. The number of anilines is 1. The monoisotopic (exact) mass is 259 g/mol. The lowest BCUT2D eigenvalue weighted by Crippen LogP contribution is -2.13. The average Bonchev–Trinajstić information content (AvgIpc) is 2.80. The molecular weight excluding hydrogens is 238 g/mol. The van der Waals surface area contributed by atoms with E-state index in [1.807, 2.05) is 0 Å². The number of benzene rings is 1. The van der Waals surface area contributed by atoms with Crippen LogP contribution in [0.4, 0.5) is 5.69 Å². The van der Waals surface area contributed by atoms with Gasteiger partial charge in [-0.2, -0.15) is 4.98 Å². The standard InChI is InChI=1S/C15H21N3O/c1-11-5-7-12(8-6-11)16-10-9-13-17-14(18-19-13)15(2,3)4/h5-8,16H,9-10H2,1-4H3. The lowest BCUT2D eigenvalue weighted by Gasteiger charge is -2.10. The zero-order valence-electron chi connectivity index (χ0n) is 12.0. The maximum atomic E-state index is 5.25. The van der Waals surface area contributed by atoms with Crippen LogP contribution in [0.5, 0.6) is 0 Å². The molecular formula is C15H21N3O. The second kappa shape index (κ2) is 5.43. The Morgan fingerprint density at radius 2 is 1.84 bits per heavy atom. The minimum absolute atomic E-state index is 0.0634. The van der Waals surface area contributed by atoms with Gasteiger partial charge in [-0.1, -0.05) is 43.6 Å². The summed E-state index contributed by atoms with van der Waals surface area (Å²) in [5, 5.41) is 7.35. The first kappa shape index (κ1) is 13.6. The molecule has 0 radical (unpaired) electrons. The molecule has 102 valence electrons. The zero-order chi connectivity index (χ0) is 13.9. The Labute approximate surface area is 114 Å². The molecule has 2 rings (SSSR count). The molecule has 0 aliphatic heterocycles. The molecule has 0 spiro atoms. The molecule has 1 aromatic carbocycles. The van der Waals surface area contributed by atoms with Crippen molar-refractivity contribution in [1.29, 1.82) is 0 Å². The molecule has 0 atom stereocenters. The van der Waals surface area contributed by atoms with Gasteiger partial charge < -0.3 is 9.84 Å². The average molecular weight is 259 g/mol. The number of aryl methyl sites for hydroxylation is 1. The molecule has 0 unspecified atom stereocenters. The summed E-state index contributed by atoms with van der Waals surface area (Å²) < 4.78 is 5.25. The van der Waals surface area contributed by atoms with Crippen LogP contribution in [0.15, 0.2) is 28.8 Å². The van der Waals surface area contributed by atoms with Gasteiger partial charge in [0.25, 0.3) is 0 Å². The second-order valence-electron chi connectivity index (χ2n) is 5.80. The Morgan fingerprint density at radius 3 is 2.42 bits per heavy atom. The van der Waals surface area contributed by atoms with Crippen molar-refractivity contribution in [1.82, 2.24) is 10.1 Å². The topological polar surface area (TPSA) is 51.0 Å². The van der Waals surface area contributed by atoms with Crippen LogP contribution in [0.3, 0.4) is 0 Å². The summed E-state index contributed by atoms with van der Waals surface area (Å²) in [7, 11) is 0. The predicted molar refractivity (Wildman–Crippen MR) is 76.4 cm³/mol. The molecule has 2 aromatic rings. The van der Waals surface area contributed by atoms with Gasteiger partial charge >= 0.3 is 0 Å². The summed E-state index contributed by atoms with van der Waals surface area (Å²) in [5.41, 5.74) is 2.31. The zero-order valence-corrected chi connectivity index (χ0v) is 12.0. The first-order valence-electron chi connectivity index (χ1n) is 6.59. The van der Waals surface area contributed by atoms with E-state index >= 15 is 0 Å². The van der Waals surface area contributed by atoms with Gasteiger partial charge in [0.05, 0.1) is 0 Å².